The standard InChI is InChI=1S/C14H14ClN3O3/c1-8-4-5-9(15)6-11(8)16-12(19)10-7-17(2)14(21)18(3)13(10)20/h4-7H,1-3H3,(H,16,19). The first kappa shape index (κ1) is 15.1. The fourth-order valence-corrected chi connectivity index (χ4v) is 2.05. The Morgan fingerprint density at radius 1 is 1.24 bits per heavy atom. The predicted molar refractivity (Wildman–Crippen MR) is 81.1 cm³/mol. The van der Waals surface area contributed by atoms with Crippen LogP contribution in [0, 0.1) is 6.92 Å². The van der Waals surface area contributed by atoms with Crippen LogP contribution in [-0.4, -0.2) is 15.0 Å². The van der Waals surface area contributed by atoms with Crippen LogP contribution in [0.3, 0.4) is 0 Å². The van der Waals surface area contributed by atoms with E-state index in [9.17, 15) is 14.4 Å². The van der Waals surface area contributed by atoms with Gasteiger partial charge >= 0.3 is 5.69 Å². The molecule has 1 amide bonds. The van der Waals surface area contributed by atoms with Crippen LogP contribution in [0.25, 0.3) is 0 Å². The lowest BCUT2D eigenvalue weighted by atomic mass is 10.2. The van der Waals surface area contributed by atoms with Crippen LogP contribution in [0.2, 0.25) is 5.02 Å². The Bertz CT molecular complexity index is 836. The van der Waals surface area contributed by atoms with E-state index in [4.69, 9.17) is 11.6 Å². The van der Waals surface area contributed by atoms with Crippen molar-refractivity contribution in [1.29, 1.82) is 0 Å². The zero-order valence-electron chi connectivity index (χ0n) is 11.8. The van der Waals surface area contributed by atoms with Crippen LogP contribution in [-0.2, 0) is 14.1 Å². The third kappa shape index (κ3) is 2.90. The molecule has 110 valence electrons. The van der Waals surface area contributed by atoms with Crippen molar-refractivity contribution in [3.63, 3.8) is 0 Å². The molecule has 1 heterocycles. The molecule has 0 bridgehead atoms. The molecule has 1 aromatic carbocycles. The second-order valence-electron chi connectivity index (χ2n) is 4.71. The summed E-state index contributed by atoms with van der Waals surface area (Å²) in [6.45, 7) is 1.81. The average Bonchev–Trinajstić information content (AvgIpc) is 2.44. The van der Waals surface area contributed by atoms with Crippen molar-refractivity contribution in [3.05, 3.63) is 61.4 Å². The number of carbonyl (C=O) groups excluding carboxylic acids is 1. The number of hydrogen-bond donors (Lipinski definition) is 1. The molecule has 0 saturated heterocycles. The number of nitrogens with one attached hydrogen (secondary N) is 1. The van der Waals surface area contributed by atoms with E-state index in [1.807, 2.05) is 6.92 Å². The Balaban J connectivity index is 2.44. The number of benzene rings is 1. The van der Waals surface area contributed by atoms with Gasteiger partial charge in [0.05, 0.1) is 0 Å². The number of aryl methyl sites for hydroxylation is 2. The quantitative estimate of drug-likeness (QED) is 0.909. The maximum absolute atomic E-state index is 12.2. The third-order valence-corrected chi connectivity index (χ3v) is 3.37. The minimum atomic E-state index is -0.643. The van der Waals surface area contributed by atoms with Crippen molar-refractivity contribution in [2.45, 2.75) is 6.92 Å². The first-order valence-corrected chi connectivity index (χ1v) is 6.53. The number of carbonyl (C=O) groups is 1. The first-order chi connectivity index (χ1) is 9.81. The number of nitrogens with zero attached hydrogens (tertiary/aromatic N) is 2. The molecule has 0 saturated carbocycles. The predicted octanol–water partition coefficient (Wildman–Crippen LogP) is 1.30. The van der Waals surface area contributed by atoms with Crippen LogP contribution < -0.4 is 16.6 Å². The minimum absolute atomic E-state index is 0.112. The van der Waals surface area contributed by atoms with Gasteiger partial charge in [-0.2, -0.15) is 0 Å². The van der Waals surface area contributed by atoms with E-state index in [2.05, 4.69) is 5.32 Å². The van der Waals surface area contributed by atoms with E-state index in [-0.39, 0.29) is 5.56 Å². The van der Waals surface area contributed by atoms with Crippen molar-refractivity contribution in [1.82, 2.24) is 9.13 Å². The molecule has 0 aliphatic heterocycles. The summed E-state index contributed by atoms with van der Waals surface area (Å²) in [5, 5.41) is 3.11. The van der Waals surface area contributed by atoms with Gasteiger partial charge in [0.25, 0.3) is 11.5 Å². The van der Waals surface area contributed by atoms with Crippen molar-refractivity contribution >= 4 is 23.2 Å². The molecule has 2 aromatic rings. The normalized spacial score (nSPS) is 10.5. The number of rotatable bonds is 2. The summed E-state index contributed by atoms with van der Waals surface area (Å²) in [5.74, 6) is -0.587. The van der Waals surface area contributed by atoms with Gasteiger partial charge in [-0.15, -0.1) is 0 Å². The number of amides is 1. The summed E-state index contributed by atoms with van der Waals surface area (Å²) in [6.07, 6.45) is 1.22. The largest absolute Gasteiger partial charge is 0.330 e. The van der Waals surface area contributed by atoms with Gasteiger partial charge in [-0.25, -0.2) is 4.79 Å². The fourth-order valence-electron chi connectivity index (χ4n) is 1.88. The number of hydrogen-bond acceptors (Lipinski definition) is 3. The van der Waals surface area contributed by atoms with Gasteiger partial charge in [-0.3, -0.25) is 14.2 Å². The number of aromatic nitrogens is 2. The highest BCUT2D eigenvalue weighted by atomic mass is 35.5. The smallest absolute Gasteiger partial charge is 0.321 e. The van der Waals surface area contributed by atoms with Crippen LogP contribution in [0.15, 0.2) is 34.0 Å². The van der Waals surface area contributed by atoms with Crippen LogP contribution in [0.4, 0.5) is 5.69 Å². The van der Waals surface area contributed by atoms with Gasteiger partial charge in [-0.05, 0) is 24.6 Å². The van der Waals surface area contributed by atoms with Crippen LogP contribution in [0.1, 0.15) is 15.9 Å². The topological polar surface area (TPSA) is 73.1 Å². The molecule has 0 aliphatic carbocycles. The maximum atomic E-state index is 12.2. The zero-order valence-corrected chi connectivity index (χ0v) is 12.6. The highest BCUT2D eigenvalue weighted by Gasteiger charge is 2.15. The van der Waals surface area contributed by atoms with E-state index < -0.39 is 17.2 Å². The van der Waals surface area contributed by atoms with E-state index in [1.165, 1.54) is 24.9 Å². The Labute approximate surface area is 125 Å². The molecular weight excluding hydrogens is 294 g/mol. The third-order valence-electron chi connectivity index (χ3n) is 3.14. The second-order valence-corrected chi connectivity index (χ2v) is 5.15. The highest BCUT2D eigenvalue weighted by Crippen LogP contribution is 2.20. The van der Waals surface area contributed by atoms with Crippen LogP contribution >= 0.6 is 11.6 Å². The van der Waals surface area contributed by atoms with Crippen LogP contribution in [0.5, 0.6) is 0 Å². The van der Waals surface area contributed by atoms with Gasteiger partial charge in [0, 0.05) is 31.0 Å². The fraction of sp³-hybridized carbons (Fsp3) is 0.214. The molecular formula is C14H14ClN3O3. The van der Waals surface area contributed by atoms with Gasteiger partial charge in [0.15, 0.2) is 0 Å². The van der Waals surface area contributed by atoms with E-state index in [0.717, 1.165) is 10.1 Å². The number of anilines is 1. The van der Waals surface area contributed by atoms with Gasteiger partial charge in [0.1, 0.15) is 5.56 Å². The summed E-state index contributed by atoms with van der Waals surface area (Å²) in [5.41, 5.74) is 0.0857. The zero-order chi connectivity index (χ0) is 15.7. The summed E-state index contributed by atoms with van der Waals surface area (Å²) in [6, 6.07) is 5.07. The van der Waals surface area contributed by atoms with Gasteiger partial charge in [-0.1, -0.05) is 17.7 Å². The Kier molecular flexibility index (Phi) is 3.99. The second kappa shape index (κ2) is 5.57. The summed E-state index contributed by atoms with van der Waals surface area (Å²) in [4.78, 5) is 35.8. The van der Waals surface area contributed by atoms with Crippen molar-refractivity contribution in [3.8, 4) is 0 Å². The molecule has 1 N–H and O–H groups in total. The molecule has 0 atom stereocenters. The summed E-state index contributed by atoms with van der Waals surface area (Å²) in [7, 11) is 2.80. The molecule has 0 radical (unpaired) electrons. The Morgan fingerprint density at radius 3 is 2.57 bits per heavy atom. The van der Waals surface area contributed by atoms with Crippen molar-refractivity contribution < 1.29 is 4.79 Å². The molecule has 0 spiro atoms. The first-order valence-electron chi connectivity index (χ1n) is 6.15. The van der Waals surface area contributed by atoms with Gasteiger partial charge < -0.3 is 9.88 Å². The highest BCUT2D eigenvalue weighted by molar-refractivity contribution is 6.31. The molecule has 21 heavy (non-hydrogen) atoms. The lowest BCUT2D eigenvalue weighted by molar-refractivity contribution is 0.102. The minimum Gasteiger partial charge on any atom is -0.321 e. The van der Waals surface area contributed by atoms with Crippen molar-refractivity contribution in [2.24, 2.45) is 14.1 Å². The van der Waals surface area contributed by atoms with Crippen molar-refractivity contribution in [2.75, 3.05) is 5.32 Å². The Morgan fingerprint density at radius 2 is 1.90 bits per heavy atom. The average molecular weight is 308 g/mol. The van der Waals surface area contributed by atoms with E-state index >= 15 is 0 Å². The lowest BCUT2D eigenvalue weighted by Gasteiger charge is -2.10. The van der Waals surface area contributed by atoms with Gasteiger partial charge in [0.2, 0.25) is 0 Å². The molecule has 6 nitrogen and oxygen atoms in total. The lowest BCUT2D eigenvalue weighted by Crippen LogP contribution is -2.40. The van der Waals surface area contributed by atoms with E-state index in [1.54, 1.807) is 18.2 Å². The monoisotopic (exact) mass is 307 g/mol. The molecule has 0 fully saturated rings. The Hall–Kier alpha value is -2.34. The maximum Gasteiger partial charge on any atom is 0.330 e. The summed E-state index contributed by atoms with van der Waals surface area (Å²) >= 11 is 5.89. The molecule has 2 rings (SSSR count). The molecule has 0 aliphatic rings. The molecule has 0 unspecified atom stereocenters. The molecule has 1 aromatic heterocycles. The molecule has 7 heteroatoms. The summed E-state index contributed by atoms with van der Waals surface area (Å²) < 4.78 is 2.07. The number of halogens is 1. The SMILES string of the molecule is Cc1ccc(Cl)cc1NC(=O)c1cn(C)c(=O)n(C)c1=O. The van der Waals surface area contributed by atoms with E-state index in [0.29, 0.717) is 10.7 Å².